The van der Waals surface area contributed by atoms with Crippen LogP contribution in [0.4, 0.5) is 0 Å². The fourth-order valence-corrected chi connectivity index (χ4v) is 1.65. The molecule has 0 aromatic carbocycles. The summed E-state index contributed by atoms with van der Waals surface area (Å²) in [7, 11) is 0. The first-order valence-corrected chi connectivity index (χ1v) is 6.09. The number of carbonyl (C=O) groups is 2. The monoisotopic (exact) mass is 259 g/mol. The van der Waals surface area contributed by atoms with Gasteiger partial charge in [-0.25, -0.2) is 0 Å². The lowest BCUT2D eigenvalue weighted by Gasteiger charge is -2.29. The molecular weight excluding hydrogens is 238 g/mol. The molecule has 1 unspecified atom stereocenters. The highest BCUT2D eigenvalue weighted by molar-refractivity contribution is 5.87. The molecule has 7 nitrogen and oxygen atoms in total. The molecule has 2 amide bonds. The third-order valence-corrected chi connectivity index (χ3v) is 2.57. The normalized spacial score (nSPS) is 17.3. The summed E-state index contributed by atoms with van der Waals surface area (Å²) < 4.78 is 10.2. The van der Waals surface area contributed by atoms with Crippen molar-refractivity contribution >= 4 is 11.8 Å². The van der Waals surface area contributed by atoms with E-state index in [4.69, 9.17) is 15.2 Å². The third kappa shape index (κ3) is 4.99. The Hall–Kier alpha value is -1.18. The van der Waals surface area contributed by atoms with E-state index in [1.807, 2.05) is 0 Å². The summed E-state index contributed by atoms with van der Waals surface area (Å²) in [4.78, 5) is 25.1. The van der Waals surface area contributed by atoms with Crippen LogP contribution in [0.5, 0.6) is 0 Å². The highest BCUT2D eigenvalue weighted by Gasteiger charge is 2.23. The van der Waals surface area contributed by atoms with Crippen molar-refractivity contribution in [2.24, 2.45) is 5.73 Å². The lowest BCUT2D eigenvalue weighted by molar-refractivity contribution is -0.140. The summed E-state index contributed by atoms with van der Waals surface area (Å²) in [6, 6.07) is -0.544. The van der Waals surface area contributed by atoms with E-state index in [9.17, 15) is 9.59 Å². The van der Waals surface area contributed by atoms with Gasteiger partial charge in [0.2, 0.25) is 11.8 Å². The van der Waals surface area contributed by atoms with Gasteiger partial charge in [-0.05, 0) is 6.92 Å². The van der Waals surface area contributed by atoms with Crippen LogP contribution in [0, 0.1) is 0 Å². The molecule has 1 aliphatic heterocycles. The van der Waals surface area contributed by atoms with Gasteiger partial charge in [0.05, 0.1) is 19.8 Å². The van der Waals surface area contributed by atoms with Gasteiger partial charge in [0.15, 0.2) is 0 Å². The van der Waals surface area contributed by atoms with Gasteiger partial charge in [0.25, 0.3) is 0 Å². The van der Waals surface area contributed by atoms with Gasteiger partial charge < -0.3 is 25.4 Å². The molecule has 0 spiro atoms. The van der Waals surface area contributed by atoms with E-state index in [1.165, 1.54) is 0 Å². The van der Waals surface area contributed by atoms with E-state index in [-0.39, 0.29) is 18.4 Å². The maximum Gasteiger partial charge on any atom is 0.246 e. The Morgan fingerprint density at radius 1 is 1.44 bits per heavy atom. The Morgan fingerprint density at radius 3 is 2.72 bits per heavy atom. The summed E-state index contributed by atoms with van der Waals surface area (Å²) in [6.07, 6.45) is 0. The van der Waals surface area contributed by atoms with Crippen LogP contribution < -0.4 is 11.1 Å². The molecule has 0 bridgehead atoms. The predicted octanol–water partition coefficient (Wildman–Crippen LogP) is -1.67. The molecule has 104 valence electrons. The number of amides is 2. The molecular formula is C11H21N3O4. The summed E-state index contributed by atoms with van der Waals surface area (Å²) in [5, 5.41) is 2.60. The van der Waals surface area contributed by atoms with Crippen molar-refractivity contribution in [3.63, 3.8) is 0 Å². The fraction of sp³-hybridized carbons (Fsp3) is 0.818. The van der Waals surface area contributed by atoms with Crippen LogP contribution in [0.1, 0.15) is 6.92 Å². The van der Waals surface area contributed by atoms with Crippen LogP contribution in [0.3, 0.4) is 0 Å². The number of hydrogen-bond donors (Lipinski definition) is 2. The summed E-state index contributed by atoms with van der Waals surface area (Å²) >= 11 is 0. The zero-order chi connectivity index (χ0) is 13.4. The molecule has 0 aromatic rings. The van der Waals surface area contributed by atoms with Crippen LogP contribution in [0.25, 0.3) is 0 Å². The van der Waals surface area contributed by atoms with Gasteiger partial charge in [-0.15, -0.1) is 0 Å². The van der Waals surface area contributed by atoms with Gasteiger partial charge in [0, 0.05) is 19.6 Å². The molecule has 1 fully saturated rings. The first-order chi connectivity index (χ1) is 8.65. The molecule has 7 heteroatoms. The zero-order valence-electron chi connectivity index (χ0n) is 10.7. The number of ether oxygens (including phenoxy) is 2. The Bertz CT molecular complexity index is 279. The smallest absolute Gasteiger partial charge is 0.246 e. The molecule has 1 rings (SSSR count). The quantitative estimate of drug-likeness (QED) is 0.556. The molecule has 1 heterocycles. The third-order valence-electron chi connectivity index (χ3n) is 2.57. The lowest BCUT2D eigenvalue weighted by Crippen LogP contribution is -2.51. The zero-order valence-corrected chi connectivity index (χ0v) is 10.7. The number of carbonyl (C=O) groups excluding carboxylic acids is 2. The minimum atomic E-state index is -0.544. The molecule has 0 saturated carbocycles. The van der Waals surface area contributed by atoms with Crippen LogP contribution in [0.2, 0.25) is 0 Å². The van der Waals surface area contributed by atoms with Crippen LogP contribution in [0.15, 0.2) is 0 Å². The first kappa shape index (κ1) is 14.9. The predicted molar refractivity (Wildman–Crippen MR) is 64.9 cm³/mol. The molecule has 18 heavy (non-hydrogen) atoms. The Balaban J connectivity index is 2.27. The standard InChI is InChI=1S/C11H21N3O4/c1-9(13-10(15)8-18-5-2-12)11(16)14-3-6-17-7-4-14/h9H,2-8,12H2,1H3,(H,13,15). The first-order valence-electron chi connectivity index (χ1n) is 6.09. The maximum atomic E-state index is 12.0. The van der Waals surface area contributed by atoms with Crippen molar-refractivity contribution in [3.05, 3.63) is 0 Å². The average molecular weight is 259 g/mol. The van der Waals surface area contributed by atoms with Crippen molar-refractivity contribution in [2.75, 3.05) is 46.1 Å². The minimum absolute atomic E-state index is 0.0715. The number of nitrogens with two attached hydrogens (primary N) is 1. The largest absolute Gasteiger partial charge is 0.378 e. The summed E-state index contributed by atoms with van der Waals surface area (Å²) in [6.45, 7) is 4.54. The number of morpholine rings is 1. The lowest BCUT2D eigenvalue weighted by atomic mass is 10.2. The van der Waals surface area contributed by atoms with Gasteiger partial charge in [-0.3, -0.25) is 9.59 Å². The van der Waals surface area contributed by atoms with Crippen molar-refractivity contribution in [1.29, 1.82) is 0 Å². The maximum absolute atomic E-state index is 12.0. The number of nitrogens with one attached hydrogen (secondary N) is 1. The number of hydrogen-bond acceptors (Lipinski definition) is 5. The van der Waals surface area contributed by atoms with E-state index in [2.05, 4.69) is 5.32 Å². The molecule has 0 aliphatic carbocycles. The molecule has 1 atom stereocenters. The Labute approximate surface area is 107 Å². The van der Waals surface area contributed by atoms with E-state index in [0.717, 1.165) is 0 Å². The van der Waals surface area contributed by atoms with Gasteiger partial charge in [-0.2, -0.15) is 0 Å². The Kier molecular flexibility index (Phi) is 6.63. The van der Waals surface area contributed by atoms with Crippen molar-refractivity contribution < 1.29 is 19.1 Å². The number of rotatable bonds is 6. The highest BCUT2D eigenvalue weighted by Crippen LogP contribution is 2.00. The minimum Gasteiger partial charge on any atom is -0.378 e. The van der Waals surface area contributed by atoms with Gasteiger partial charge in [-0.1, -0.05) is 0 Å². The molecule has 1 saturated heterocycles. The molecule has 3 N–H and O–H groups in total. The Morgan fingerprint density at radius 2 is 2.11 bits per heavy atom. The van der Waals surface area contributed by atoms with Crippen molar-refractivity contribution in [3.8, 4) is 0 Å². The topological polar surface area (TPSA) is 93.9 Å². The second-order valence-electron chi connectivity index (χ2n) is 4.07. The molecule has 0 radical (unpaired) electrons. The summed E-state index contributed by atoms with van der Waals surface area (Å²) in [5.74, 6) is -0.400. The SMILES string of the molecule is CC(NC(=O)COCCN)C(=O)N1CCOCC1. The summed E-state index contributed by atoms with van der Waals surface area (Å²) in [5.41, 5.74) is 5.23. The van der Waals surface area contributed by atoms with E-state index in [0.29, 0.717) is 39.5 Å². The van der Waals surface area contributed by atoms with Crippen molar-refractivity contribution in [2.45, 2.75) is 13.0 Å². The average Bonchev–Trinajstić information content (AvgIpc) is 2.39. The second kappa shape index (κ2) is 8.02. The van der Waals surface area contributed by atoms with E-state index in [1.54, 1.807) is 11.8 Å². The van der Waals surface area contributed by atoms with Gasteiger partial charge in [0.1, 0.15) is 12.6 Å². The number of nitrogens with zero attached hydrogens (tertiary/aromatic N) is 1. The van der Waals surface area contributed by atoms with Crippen LogP contribution in [-0.2, 0) is 19.1 Å². The molecule has 0 aromatic heterocycles. The van der Waals surface area contributed by atoms with Crippen LogP contribution >= 0.6 is 0 Å². The fourth-order valence-electron chi connectivity index (χ4n) is 1.65. The molecule has 1 aliphatic rings. The van der Waals surface area contributed by atoms with E-state index < -0.39 is 6.04 Å². The van der Waals surface area contributed by atoms with Crippen LogP contribution in [-0.4, -0.2) is 68.8 Å². The van der Waals surface area contributed by atoms with E-state index >= 15 is 0 Å². The van der Waals surface area contributed by atoms with Gasteiger partial charge >= 0.3 is 0 Å². The highest BCUT2D eigenvalue weighted by atomic mass is 16.5. The van der Waals surface area contributed by atoms with Crippen molar-refractivity contribution in [1.82, 2.24) is 10.2 Å². The second-order valence-corrected chi connectivity index (χ2v) is 4.07.